The van der Waals surface area contributed by atoms with E-state index in [1.165, 1.54) is 24.5 Å². The van der Waals surface area contributed by atoms with Crippen LogP contribution >= 0.6 is 11.3 Å². The Morgan fingerprint density at radius 3 is 2.52 bits per heavy atom. The second-order valence-corrected chi connectivity index (χ2v) is 7.58. The van der Waals surface area contributed by atoms with Gasteiger partial charge in [-0.2, -0.15) is 0 Å². The average molecular weight is 324 g/mol. The number of thiophene rings is 1. The lowest BCUT2D eigenvalue weighted by atomic mass is 10.3. The van der Waals surface area contributed by atoms with Crippen LogP contribution in [0.25, 0.3) is 0 Å². The summed E-state index contributed by atoms with van der Waals surface area (Å²) in [7, 11) is -2.31. The van der Waals surface area contributed by atoms with Gasteiger partial charge in [0, 0.05) is 4.88 Å². The summed E-state index contributed by atoms with van der Waals surface area (Å²) >= 11 is 1.34. The van der Waals surface area contributed by atoms with Crippen LogP contribution in [0.5, 0.6) is 5.75 Å². The molecule has 0 aliphatic heterocycles. The Hall–Kier alpha value is -1.66. The van der Waals surface area contributed by atoms with Crippen LogP contribution in [0, 0.1) is 0 Å². The second-order valence-electron chi connectivity index (χ2n) is 4.45. The van der Waals surface area contributed by atoms with Crippen molar-refractivity contribution in [2.24, 2.45) is 0 Å². The minimum Gasteiger partial charge on any atom is -0.495 e. The molecular weight excluding hydrogens is 308 g/mol. The van der Waals surface area contributed by atoms with Crippen LogP contribution < -0.4 is 4.74 Å². The molecule has 0 saturated heterocycles. The van der Waals surface area contributed by atoms with Crippen molar-refractivity contribution in [1.29, 1.82) is 0 Å². The lowest BCUT2D eigenvalue weighted by Gasteiger charge is -2.08. The van der Waals surface area contributed by atoms with E-state index in [2.05, 4.69) is 0 Å². The minimum atomic E-state index is -3.72. The highest BCUT2D eigenvalue weighted by molar-refractivity contribution is 7.92. The van der Waals surface area contributed by atoms with Crippen molar-refractivity contribution in [2.45, 2.75) is 18.2 Å². The number of aryl methyl sites for hydroxylation is 1. The zero-order chi connectivity index (χ0) is 15.5. The van der Waals surface area contributed by atoms with E-state index >= 15 is 0 Å². The highest BCUT2D eigenvalue weighted by Crippen LogP contribution is 2.25. The third-order valence-electron chi connectivity index (χ3n) is 3.01. The monoisotopic (exact) mass is 324 g/mol. The van der Waals surface area contributed by atoms with Gasteiger partial charge in [0.25, 0.3) is 0 Å². The van der Waals surface area contributed by atoms with Gasteiger partial charge in [-0.15, -0.1) is 11.3 Å². The topological polar surface area (TPSA) is 60.4 Å². The third-order valence-corrected chi connectivity index (χ3v) is 5.93. The zero-order valence-corrected chi connectivity index (χ0v) is 13.5. The number of methoxy groups -OCH3 is 1. The van der Waals surface area contributed by atoms with Crippen molar-refractivity contribution >= 4 is 27.0 Å². The van der Waals surface area contributed by atoms with E-state index in [-0.39, 0.29) is 16.4 Å². The summed E-state index contributed by atoms with van der Waals surface area (Å²) in [6.45, 7) is 1.99. The first-order valence-corrected chi connectivity index (χ1v) is 8.92. The molecule has 0 saturated carbocycles. The number of rotatable bonds is 6. The Bertz CT molecular complexity index is 745. The molecule has 0 aliphatic carbocycles. The lowest BCUT2D eigenvalue weighted by Crippen LogP contribution is -2.16. The van der Waals surface area contributed by atoms with Crippen LogP contribution in [0.2, 0.25) is 0 Å². The van der Waals surface area contributed by atoms with Crippen LogP contribution in [-0.2, 0) is 16.3 Å². The summed E-state index contributed by atoms with van der Waals surface area (Å²) in [6.07, 6.45) is 0.831. The van der Waals surface area contributed by atoms with Crippen LogP contribution in [0.1, 0.15) is 21.5 Å². The molecule has 0 N–H and O–H groups in total. The molecule has 0 amide bonds. The molecule has 0 radical (unpaired) electrons. The molecule has 0 aliphatic rings. The first kappa shape index (κ1) is 15.7. The number of carbonyl (C=O) groups is 1. The molecule has 0 atom stereocenters. The summed E-state index contributed by atoms with van der Waals surface area (Å²) in [5.74, 6) is -0.673. The van der Waals surface area contributed by atoms with Crippen molar-refractivity contribution in [1.82, 2.24) is 0 Å². The maximum atomic E-state index is 12.4. The fraction of sp³-hybridized carbons (Fsp3) is 0.267. The van der Waals surface area contributed by atoms with Crippen LogP contribution in [0.15, 0.2) is 41.3 Å². The molecule has 4 nitrogen and oxygen atoms in total. The van der Waals surface area contributed by atoms with Gasteiger partial charge >= 0.3 is 0 Å². The largest absolute Gasteiger partial charge is 0.495 e. The van der Waals surface area contributed by atoms with E-state index in [9.17, 15) is 13.2 Å². The van der Waals surface area contributed by atoms with E-state index in [0.717, 1.165) is 11.3 Å². The van der Waals surface area contributed by atoms with E-state index in [1.807, 2.05) is 13.0 Å². The van der Waals surface area contributed by atoms with Crippen molar-refractivity contribution in [3.05, 3.63) is 46.2 Å². The molecule has 6 heteroatoms. The third kappa shape index (κ3) is 3.51. The Morgan fingerprint density at radius 1 is 1.19 bits per heavy atom. The Kier molecular flexibility index (Phi) is 4.80. The summed E-state index contributed by atoms with van der Waals surface area (Å²) in [4.78, 5) is 13.7. The molecule has 1 aromatic heterocycles. The van der Waals surface area contributed by atoms with Crippen LogP contribution in [-0.4, -0.2) is 27.1 Å². The molecule has 0 unspecified atom stereocenters. The second kappa shape index (κ2) is 6.41. The zero-order valence-electron chi connectivity index (χ0n) is 11.8. The molecule has 112 valence electrons. The SMILES string of the molecule is CCc1ccc(C(=O)CS(=O)(=O)c2ccccc2OC)s1. The van der Waals surface area contributed by atoms with Gasteiger partial charge in [0.05, 0.1) is 12.0 Å². The molecular formula is C15H16O4S2. The summed E-state index contributed by atoms with van der Waals surface area (Å²) < 4.78 is 29.8. The highest BCUT2D eigenvalue weighted by Gasteiger charge is 2.24. The van der Waals surface area contributed by atoms with Crippen molar-refractivity contribution in [2.75, 3.05) is 12.9 Å². The molecule has 1 heterocycles. The summed E-state index contributed by atoms with van der Waals surface area (Å²) in [5.41, 5.74) is 0. The normalized spacial score (nSPS) is 11.3. The van der Waals surface area contributed by atoms with Gasteiger partial charge in [0.15, 0.2) is 15.6 Å². The summed E-state index contributed by atoms with van der Waals surface area (Å²) in [5, 5.41) is 0. The molecule has 1 aromatic carbocycles. The van der Waals surface area contributed by atoms with Gasteiger partial charge in [-0.3, -0.25) is 4.79 Å². The number of carbonyl (C=O) groups excluding carboxylic acids is 1. The Morgan fingerprint density at radius 2 is 1.90 bits per heavy atom. The van der Waals surface area contributed by atoms with Gasteiger partial charge in [0.2, 0.25) is 0 Å². The van der Waals surface area contributed by atoms with Crippen molar-refractivity contribution < 1.29 is 17.9 Å². The predicted octanol–water partition coefficient (Wildman–Crippen LogP) is 2.98. The number of benzene rings is 1. The Balaban J connectivity index is 2.26. The van der Waals surface area contributed by atoms with Crippen molar-refractivity contribution in [3.63, 3.8) is 0 Å². The van der Waals surface area contributed by atoms with Gasteiger partial charge in [-0.25, -0.2) is 8.42 Å². The molecule has 2 aromatic rings. The average Bonchev–Trinajstić information content (AvgIpc) is 2.96. The smallest absolute Gasteiger partial charge is 0.189 e. The number of hydrogen-bond donors (Lipinski definition) is 0. The number of para-hydroxylation sites is 1. The molecule has 21 heavy (non-hydrogen) atoms. The predicted molar refractivity (Wildman–Crippen MR) is 83.1 cm³/mol. The van der Waals surface area contributed by atoms with Gasteiger partial charge in [-0.05, 0) is 30.7 Å². The maximum Gasteiger partial charge on any atom is 0.189 e. The van der Waals surface area contributed by atoms with Gasteiger partial charge < -0.3 is 4.74 Å². The molecule has 0 bridgehead atoms. The standard InChI is InChI=1S/C15H16O4S2/c1-3-11-8-9-14(20-11)12(16)10-21(17,18)15-7-5-4-6-13(15)19-2/h4-9H,3,10H2,1-2H3. The minimum absolute atomic E-state index is 0.0492. The van der Waals surface area contributed by atoms with Gasteiger partial charge in [0.1, 0.15) is 16.4 Å². The van der Waals surface area contributed by atoms with E-state index in [1.54, 1.807) is 24.3 Å². The van der Waals surface area contributed by atoms with Gasteiger partial charge in [-0.1, -0.05) is 19.1 Å². The number of hydrogen-bond acceptors (Lipinski definition) is 5. The molecule has 2 rings (SSSR count). The number of ketones is 1. The quantitative estimate of drug-likeness (QED) is 0.767. The molecule has 0 fully saturated rings. The van der Waals surface area contributed by atoms with E-state index in [0.29, 0.717) is 4.88 Å². The highest BCUT2D eigenvalue weighted by atomic mass is 32.2. The van der Waals surface area contributed by atoms with E-state index < -0.39 is 15.6 Å². The van der Waals surface area contributed by atoms with Crippen LogP contribution in [0.4, 0.5) is 0 Å². The number of ether oxygens (including phenoxy) is 1. The van der Waals surface area contributed by atoms with Crippen LogP contribution in [0.3, 0.4) is 0 Å². The fourth-order valence-electron chi connectivity index (χ4n) is 1.91. The maximum absolute atomic E-state index is 12.4. The lowest BCUT2D eigenvalue weighted by molar-refractivity contribution is 0.102. The number of sulfone groups is 1. The summed E-state index contributed by atoms with van der Waals surface area (Å²) in [6, 6.07) is 9.86. The fourth-order valence-corrected chi connectivity index (χ4v) is 4.29. The first-order valence-electron chi connectivity index (χ1n) is 6.45. The Labute approximate surface area is 128 Å². The first-order chi connectivity index (χ1) is 9.97. The van der Waals surface area contributed by atoms with E-state index in [4.69, 9.17) is 4.74 Å². The van der Waals surface area contributed by atoms with Crippen molar-refractivity contribution in [3.8, 4) is 5.75 Å². The molecule has 0 spiro atoms. The number of Topliss-reactive ketones (excluding diaryl/α,β-unsaturated/α-hetero) is 1.